The minimum absolute atomic E-state index is 0.0254. The zero-order chi connectivity index (χ0) is 25.6. The predicted molar refractivity (Wildman–Crippen MR) is 115 cm³/mol. The average Bonchev–Trinajstić information content (AvgIpc) is 3.23. The topological polar surface area (TPSA) is 147 Å². The number of ether oxygens (including phenoxy) is 2. The van der Waals surface area contributed by atoms with Crippen molar-refractivity contribution < 1.29 is 41.6 Å². The van der Waals surface area contributed by atoms with Crippen molar-refractivity contribution in [3.63, 3.8) is 0 Å². The molecule has 0 radical (unpaired) electrons. The largest absolute Gasteiger partial charge is 0.484 e. The number of hydrogen-bond donors (Lipinski definition) is 1. The summed E-state index contributed by atoms with van der Waals surface area (Å²) in [7, 11) is -1.78. The summed E-state index contributed by atoms with van der Waals surface area (Å²) in [6.45, 7) is -0.309. The Kier molecular flexibility index (Phi) is 8.22. The molecule has 188 valence electrons. The first-order valence-electron chi connectivity index (χ1n) is 10.0. The highest BCUT2D eigenvalue weighted by molar-refractivity contribution is 7.84. The van der Waals surface area contributed by atoms with Gasteiger partial charge >= 0.3 is 12.1 Å². The number of hydrogen-bond acceptors (Lipinski definition) is 9. The summed E-state index contributed by atoms with van der Waals surface area (Å²) in [6.07, 6.45) is -3.14. The molecule has 0 fully saturated rings. The van der Waals surface area contributed by atoms with Crippen molar-refractivity contribution in [1.82, 2.24) is 15.0 Å². The third-order valence-corrected chi connectivity index (χ3v) is 5.72. The van der Waals surface area contributed by atoms with Crippen LogP contribution in [-0.2, 0) is 26.1 Å². The fourth-order valence-corrected chi connectivity index (χ4v) is 4.03. The maximum absolute atomic E-state index is 12.9. The number of nitrogens with zero attached hydrogens (tertiary/aromatic N) is 3. The summed E-state index contributed by atoms with van der Waals surface area (Å²) in [4.78, 5) is 37.9. The second-order valence-corrected chi connectivity index (χ2v) is 8.43. The number of carbonyl (C=O) groups excluding carboxylic acids is 1. The van der Waals surface area contributed by atoms with Crippen molar-refractivity contribution in [3.05, 3.63) is 57.4 Å². The highest BCUT2D eigenvalue weighted by Crippen LogP contribution is 2.25. The number of H-pyrrole nitrogens is 1. The number of imidazole rings is 1. The monoisotopic (exact) mass is 516 g/mol. The molecule has 2 heterocycles. The van der Waals surface area contributed by atoms with Crippen LogP contribution in [0.4, 0.5) is 13.2 Å². The maximum atomic E-state index is 12.9. The van der Waals surface area contributed by atoms with Crippen LogP contribution in [-0.4, -0.2) is 56.2 Å². The summed E-state index contributed by atoms with van der Waals surface area (Å²) in [5.41, 5.74) is 1.28. The molecule has 0 aliphatic heterocycles. The molecule has 0 aliphatic rings. The zero-order valence-corrected chi connectivity index (χ0v) is 19.0. The van der Waals surface area contributed by atoms with Crippen LogP contribution in [0.5, 0.6) is 5.75 Å². The number of fused-ring (bicyclic) bond motifs is 1. The molecule has 1 atom stereocenters. The highest BCUT2D eigenvalue weighted by atomic mass is 32.2. The number of benzene rings is 1. The van der Waals surface area contributed by atoms with Crippen molar-refractivity contribution in [2.45, 2.75) is 30.4 Å². The van der Waals surface area contributed by atoms with Gasteiger partial charge in [-0.3, -0.25) is 9.19 Å². The molecule has 3 rings (SSSR count). The van der Waals surface area contributed by atoms with E-state index >= 15 is 0 Å². The minimum atomic E-state index is -4.51. The van der Waals surface area contributed by atoms with Gasteiger partial charge in [0.25, 0.3) is 5.09 Å². The molecule has 3 aromatic rings. The van der Waals surface area contributed by atoms with E-state index in [9.17, 15) is 32.3 Å². The maximum Gasteiger partial charge on any atom is 0.422 e. The Bertz CT molecular complexity index is 1250. The molecule has 0 amide bonds. The molecule has 0 saturated carbocycles. The van der Waals surface area contributed by atoms with Gasteiger partial charge in [-0.05, 0) is 25.1 Å². The summed E-state index contributed by atoms with van der Waals surface area (Å²) in [6, 6.07) is 5.92. The molecule has 11 nitrogen and oxygen atoms in total. The van der Waals surface area contributed by atoms with Crippen LogP contribution in [0.2, 0.25) is 0 Å². The number of pyridine rings is 1. The number of carbonyl (C=O) groups is 1. The number of aromatic nitrogens is 3. The fraction of sp³-hybridized carbons (Fsp3) is 0.350. The van der Waals surface area contributed by atoms with Crippen LogP contribution in [0.25, 0.3) is 11.0 Å². The van der Waals surface area contributed by atoms with E-state index in [1.807, 2.05) is 0 Å². The molecule has 35 heavy (non-hydrogen) atoms. The van der Waals surface area contributed by atoms with E-state index in [0.717, 1.165) is 0 Å². The lowest BCUT2D eigenvalue weighted by atomic mass is 10.2. The fourth-order valence-electron chi connectivity index (χ4n) is 2.94. The Morgan fingerprint density at radius 2 is 2.03 bits per heavy atom. The van der Waals surface area contributed by atoms with Gasteiger partial charge in [0.1, 0.15) is 11.3 Å². The quantitative estimate of drug-likeness (QED) is 0.176. The molecule has 1 N–H and O–H groups in total. The van der Waals surface area contributed by atoms with E-state index < -0.39 is 34.6 Å². The van der Waals surface area contributed by atoms with E-state index in [0.29, 0.717) is 11.1 Å². The van der Waals surface area contributed by atoms with Gasteiger partial charge in [0.05, 0.1) is 46.5 Å². The Balaban J connectivity index is 1.71. The molecule has 1 unspecified atom stereocenters. The third-order valence-electron chi connectivity index (χ3n) is 4.56. The van der Waals surface area contributed by atoms with Crippen LogP contribution in [0, 0.1) is 17.0 Å². The van der Waals surface area contributed by atoms with E-state index in [2.05, 4.69) is 19.8 Å². The second kappa shape index (κ2) is 11.1. The van der Waals surface area contributed by atoms with Gasteiger partial charge in [0, 0.05) is 18.2 Å². The highest BCUT2D eigenvalue weighted by Gasteiger charge is 2.29. The van der Waals surface area contributed by atoms with Crippen molar-refractivity contribution in [1.29, 1.82) is 0 Å². The van der Waals surface area contributed by atoms with Gasteiger partial charge in [-0.15, -0.1) is 10.1 Å². The molecule has 15 heteroatoms. The Labute approximate surface area is 198 Å². The number of nitrogens with one attached hydrogen (secondary N) is 1. The smallest absolute Gasteiger partial charge is 0.422 e. The number of rotatable bonds is 11. The SMILES string of the molecule is Cc1c(OCC(F)(F)F)ccnc1CS(=O)c1nc2c(C(=O)OCCCO[N+](=O)[O-])cccc2[nH]1. The lowest BCUT2D eigenvalue weighted by Crippen LogP contribution is -2.20. The lowest BCUT2D eigenvalue weighted by Gasteiger charge is -2.13. The van der Waals surface area contributed by atoms with Crippen molar-refractivity contribution in [2.75, 3.05) is 19.8 Å². The lowest BCUT2D eigenvalue weighted by molar-refractivity contribution is -0.757. The van der Waals surface area contributed by atoms with Gasteiger partial charge in [-0.1, -0.05) is 6.07 Å². The summed E-state index contributed by atoms with van der Waals surface area (Å²) in [5, 5.41) is 9.21. The van der Waals surface area contributed by atoms with Gasteiger partial charge in [0.15, 0.2) is 11.8 Å². The van der Waals surface area contributed by atoms with Gasteiger partial charge in [-0.2, -0.15) is 13.2 Å². The number of esters is 1. The Hall–Kier alpha value is -3.75. The van der Waals surface area contributed by atoms with Crippen molar-refractivity contribution in [3.8, 4) is 5.75 Å². The molecular weight excluding hydrogens is 497 g/mol. The number of halogens is 3. The molecule has 0 spiro atoms. The number of para-hydroxylation sites is 1. The van der Waals surface area contributed by atoms with E-state index in [4.69, 9.17) is 9.47 Å². The first-order chi connectivity index (χ1) is 16.5. The molecular formula is C20H19F3N4O7S. The summed E-state index contributed by atoms with van der Waals surface area (Å²) >= 11 is 0. The molecule has 1 aromatic carbocycles. The normalized spacial score (nSPS) is 12.3. The minimum Gasteiger partial charge on any atom is -0.484 e. The van der Waals surface area contributed by atoms with E-state index in [-0.39, 0.29) is 53.1 Å². The van der Waals surface area contributed by atoms with Crippen LogP contribution in [0.1, 0.15) is 28.0 Å². The summed E-state index contributed by atoms with van der Waals surface area (Å²) in [5.74, 6) is -0.916. The molecule has 0 bridgehead atoms. The predicted octanol–water partition coefficient (Wildman–Crippen LogP) is 3.27. The number of alkyl halides is 3. The average molecular weight is 516 g/mol. The van der Waals surface area contributed by atoms with Crippen molar-refractivity contribution >= 4 is 27.8 Å². The Morgan fingerprint density at radius 3 is 2.74 bits per heavy atom. The first kappa shape index (κ1) is 25.9. The third kappa shape index (κ3) is 7.11. The summed E-state index contributed by atoms with van der Waals surface area (Å²) < 4.78 is 60.2. The molecule has 0 aliphatic carbocycles. The van der Waals surface area contributed by atoms with Gasteiger partial charge < -0.3 is 19.3 Å². The van der Waals surface area contributed by atoms with E-state index in [1.54, 1.807) is 12.1 Å². The van der Waals surface area contributed by atoms with Gasteiger partial charge in [0.2, 0.25) is 0 Å². The van der Waals surface area contributed by atoms with E-state index in [1.165, 1.54) is 25.3 Å². The standard InChI is InChI=1S/C20H19F3N4O7S/c1-12-15(24-7-6-16(12)33-11-20(21,22)23)10-35(31)19-25-14-5-2-4-13(17(14)26-19)18(28)32-8-3-9-34-27(29)30/h2,4-7H,3,8-11H2,1H3,(H,25,26). The van der Waals surface area contributed by atoms with Crippen molar-refractivity contribution in [2.24, 2.45) is 0 Å². The number of aromatic amines is 1. The molecule has 2 aromatic heterocycles. The second-order valence-electron chi connectivity index (χ2n) is 7.06. The van der Waals surface area contributed by atoms with Crippen LogP contribution < -0.4 is 4.74 Å². The molecule has 0 saturated heterocycles. The zero-order valence-electron chi connectivity index (χ0n) is 18.2. The first-order valence-corrected chi connectivity index (χ1v) is 11.3. The van der Waals surface area contributed by atoms with Crippen LogP contribution in [0.15, 0.2) is 35.6 Å². The Morgan fingerprint density at radius 1 is 1.26 bits per heavy atom. The van der Waals surface area contributed by atoms with Crippen LogP contribution in [0.3, 0.4) is 0 Å². The van der Waals surface area contributed by atoms with Gasteiger partial charge in [-0.25, -0.2) is 9.78 Å². The van der Waals surface area contributed by atoms with Crippen LogP contribution >= 0.6 is 0 Å².